The molecule has 5 heterocycles. The first-order valence-corrected chi connectivity index (χ1v) is 13.0. The smallest absolute Gasteiger partial charge is 0.246 e. The second-order valence-electron chi connectivity index (χ2n) is 9.40. The highest BCUT2D eigenvalue weighted by Gasteiger charge is 2.28. The molecule has 6 rings (SSSR count). The number of carbonyl (C=O) groups is 1. The van der Waals surface area contributed by atoms with Crippen LogP contribution in [-0.4, -0.2) is 60.9 Å². The first-order valence-electron chi connectivity index (χ1n) is 12.1. The van der Waals surface area contributed by atoms with Gasteiger partial charge in [-0.1, -0.05) is 6.08 Å². The molecule has 0 atom stereocenters. The number of rotatable bonds is 7. The van der Waals surface area contributed by atoms with E-state index in [2.05, 4.69) is 25.4 Å². The predicted molar refractivity (Wildman–Crippen MR) is 147 cm³/mol. The van der Waals surface area contributed by atoms with Gasteiger partial charge in [-0.3, -0.25) is 4.79 Å². The average molecular weight is 527 g/mol. The van der Waals surface area contributed by atoms with Crippen LogP contribution >= 0.6 is 11.3 Å². The standard InChI is InChI=1S/C27H26N8O2S/c1-17-11-18(6-8-21(17)37-19-7-9-23-28-16-31-35(23)12-19)32-26-25-20-13-34(24(36)5-4-10-33(2)3)14-22(20)38-27(25)30-15-29-26/h4-9,11-12,15-16H,10,13-14H2,1-3H3,(H,29,30,32)/b5-4+. The third kappa shape index (κ3) is 4.69. The van der Waals surface area contributed by atoms with Crippen molar-refractivity contribution in [2.24, 2.45) is 0 Å². The number of nitrogens with zero attached hydrogens (tertiary/aromatic N) is 7. The predicted octanol–water partition coefficient (Wildman–Crippen LogP) is 4.54. The number of nitrogens with one attached hydrogen (secondary N) is 1. The number of hydrogen-bond acceptors (Lipinski definition) is 9. The molecule has 0 fully saturated rings. The SMILES string of the molecule is Cc1cc(Nc2ncnc3sc4c(c23)CN(C(=O)/C=C/CN(C)C)C4)ccc1Oc1ccc2ncnn2c1. The molecule has 0 spiro atoms. The lowest BCUT2D eigenvalue weighted by molar-refractivity contribution is -0.126. The fourth-order valence-electron chi connectivity index (χ4n) is 4.44. The summed E-state index contributed by atoms with van der Waals surface area (Å²) >= 11 is 1.62. The summed E-state index contributed by atoms with van der Waals surface area (Å²) in [5.41, 5.74) is 3.73. The number of carbonyl (C=O) groups excluding carboxylic acids is 1. The van der Waals surface area contributed by atoms with Gasteiger partial charge >= 0.3 is 0 Å². The van der Waals surface area contributed by atoms with Crippen molar-refractivity contribution in [3.05, 3.63) is 77.3 Å². The third-order valence-corrected chi connectivity index (χ3v) is 7.43. The van der Waals surface area contributed by atoms with Crippen molar-refractivity contribution in [3.63, 3.8) is 0 Å². The highest BCUT2D eigenvalue weighted by atomic mass is 32.1. The topological polar surface area (TPSA) is 101 Å². The maximum atomic E-state index is 12.7. The van der Waals surface area contributed by atoms with Crippen LogP contribution in [0.2, 0.25) is 0 Å². The molecular formula is C27H26N8O2S. The normalized spacial score (nSPS) is 13.2. The van der Waals surface area contributed by atoms with Gasteiger partial charge in [0.2, 0.25) is 5.91 Å². The molecule has 0 unspecified atom stereocenters. The van der Waals surface area contributed by atoms with E-state index in [9.17, 15) is 4.79 Å². The first kappa shape index (κ1) is 24.0. The van der Waals surface area contributed by atoms with Crippen LogP contribution in [0.3, 0.4) is 0 Å². The Balaban J connectivity index is 1.21. The number of ether oxygens (including phenoxy) is 1. The second-order valence-corrected chi connectivity index (χ2v) is 10.5. The number of hydrogen-bond donors (Lipinski definition) is 1. The number of pyridine rings is 1. The number of anilines is 2. The molecule has 38 heavy (non-hydrogen) atoms. The van der Waals surface area contributed by atoms with E-state index in [1.165, 1.54) is 6.33 Å². The van der Waals surface area contributed by atoms with E-state index in [1.54, 1.807) is 34.5 Å². The van der Waals surface area contributed by atoms with Gasteiger partial charge in [0.15, 0.2) is 5.65 Å². The summed E-state index contributed by atoms with van der Waals surface area (Å²) in [4.78, 5) is 31.9. The quantitative estimate of drug-likeness (QED) is 0.309. The van der Waals surface area contributed by atoms with Crippen LogP contribution in [0.5, 0.6) is 11.5 Å². The fraction of sp³-hybridized carbons (Fsp3) is 0.222. The Hall–Kier alpha value is -4.35. The lowest BCUT2D eigenvalue weighted by Gasteiger charge is -2.14. The van der Waals surface area contributed by atoms with Crippen molar-refractivity contribution < 1.29 is 9.53 Å². The summed E-state index contributed by atoms with van der Waals surface area (Å²) in [5.74, 6) is 2.17. The van der Waals surface area contributed by atoms with E-state index < -0.39 is 0 Å². The van der Waals surface area contributed by atoms with Crippen LogP contribution in [0.15, 0.2) is 61.3 Å². The molecule has 0 saturated carbocycles. The molecule has 1 aromatic carbocycles. The van der Waals surface area contributed by atoms with Gasteiger partial charge in [-0.25, -0.2) is 19.5 Å². The minimum Gasteiger partial charge on any atom is -0.455 e. The lowest BCUT2D eigenvalue weighted by Crippen LogP contribution is -2.23. The van der Waals surface area contributed by atoms with Gasteiger partial charge in [0.05, 0.1) is 18.1 Å². The van der Waals surface area contributed by atoms with Crippen molar-refractivity contribution in [2.45, 2.75) is 20.0 Å². The zero-order valence-corrected chi connectivity index (χ0v) is 22.1. The molecule has 4 aromatic heterocycles. The van der Waals surface area contributed by atoms with Gasteiger partial charge in [0.25, 0.3) is 0 Å². The van der Waals surface area contributed by atoms with Crippen LogP contribution in [-0.2, 0) is 17.9 Å². The van der Waals surface area contributed by atoms with E-state index >= 15 is 0 Å². The zero-order chi connectivity index (χ0) is 26.2. The number of thiophene rings is 1. The molecule has 5 aromatic rings. The minimum atomic E-state index is 0.0175. The van der Waals surface area contributed by atoms with E-state index in [4.69, 9.17) is 4.74 Å². The molecule has 0 aliphatic carbocycles. The van der Waals surface area contributed by atoms with Crippen molar-refractivity contribution >= 4 is 44.6 Å². The van der Waals surface area contributed by atoms with Gasteiger partial charge in [-0.2, -0.15) is 5.10 Å². The summed E-state index contributed by atoms with van der Waals surface area (Å²) in [6.45, 7) is 3.86. The molecule has 0 radical (unpaired) electrons. The van der Waals surface area contributed by atoms with Crippen LogP contribution < -0.4 is 10.1 Å². The monoisotopic (exact) mass is 526 g/mol. The summed E-state index contributed by atoms with van der Waals surface area (Å²) < 4.78 is 7.78. The van der Waals surface area contributed by atoms with Gasteiger partial charge in [-0.15, -0.1) is 11.3 Å². The van der Waals surface area contributed by atoms with E-state index in [0.717, 1.165) is 55.7 Å². The van der Waals surface area contributed by atoms with Crippen LogP contribution in [0.25, 0.3) is 15.9 Å². The molecule has 1 N–H and O–H groups in total. The Morgan fingerprint density at radius 3 is 2.89 bits per heavy atom. The number of aryl methyl sites for hydroxylation is 1. The molecule has 1 aliphatic heterocycles. The number of fused-ring (bicyclic) bond motifs is 4. The Kier molecular flexibility index (Phi) is 6.22. The minimum absolute atomic E-state index is 0.0175. The number of benzene rings is 1. The van der Waals surface area contributed by atoms with E-state index in [-0.39, 0.29) is 5.91 Å². The van der Waals surface area contributed by atoms with Gasteiger partial charge < -0.3 is 19.9 Å². The average Bonchev–Trinajstić information content (AvgIpc) is 3.60. The highest BCUT2D eigenvalue weighted by Crippen LogP contribution is 2.40. The molecule has 11 heteroatoms. The van der Waals surface area contributed by atoms with Crippen LogP contribution in [0.4, 0.5) is 11.5 Å². The number of likely N-dealkylation sites (N-methyl/N-ethyl adjacent to an activating group) is 1. The number of amides is 1. The molecule has 0 saturated heterocycles. The van der Waals surface area contributed by atoms with Crippen LogP contribution in [0, 0.1) is 6.92 Å². The maximum absolute atomic E-state index is 12.7. The maximum Gasteiger partial charge on any atom is 0.246 e. The molecule has 10 nitrogen and oxygen atoms in total. The van der Waals surface area contributed by atoms with Crippen molar-refractivity contribution in [1.82, 2.24) is 34.4 Å². The Morgan fingerprint density at radius 2 is 2.05 bits per heavy atom. The van der Waals surface area contributed by atoms with Crippen LogP contribution in [0.1, 0.15) is 16.0 Å². The summed E-state index contributed by atoms with van der Waals surface area (Å²) in [7, 11) is 3.95. The van der Waals surface area contributed by atoms with Gasteiger partial charge in [0.1, 0.15) is 34.8 Å². The summed E-state index contributed by atoms with van der Waals surface area (Å²) in [6, 6.07) is 9.65. The molecular weight excluding hydrogens is 500 g/mol. The van der Waals surface area contributed by atoms with Crippen molar-refractivity contribution in [2.75, 3.05) is 26.0 Å². The second kappa shape index (κ2) is 9.84. The summed E-state index contributed by atoms with van der Waals surface area (Å²) in [5, 5.41) is 8.59. The Morgan fingerprint density at radius 1 is 1.16 bits per heavy atom. The molecule has 1 aliphatic rings. The van der Waals surface area contributed by atoms with Crippen molar-refractivity contribution in [3.8, 4) is 11.5 Å². The molecule has 1 amide bonds. The fourth-order valence-corrected chi connectivity index (χ4v) is 5.60. The van der Waals surface area contributed by atoms with Gasteiger partial charge in [0, 0.05) is 35.3 Å². The first-order chi connectivity index (χ1) is 18.4. The Bertz CT molecular complexity index is 1690. The largest absolute Gasteiger partial charge is 0.455 e. The third-order valence-electron chi connectivity index (χ3n) is 6.31. The van der Waals surface area contributed by atoms with Gasteiger partial charge in [-0.05, 0) is 56.9 Å². The molecule has 0 bridgehead atoms. The lowest BCUT2D eigenvalue weighted by atomic mass is 10.1. The molecule has 192 valence electrons. The van der Waals surface area contributed by atoms with E-state index in [0.29, 0.717) is 18.8 Å². The summed E-state index contributed by atoms with van der Waals surface area (Å²) in [6.07, 6.45) is 8.44. The number of aromatic nitrogens is 5. The highest BCUT2D eigenvalue weighted by molar-refractivity contribution is 7.19. The van der Waals surface area contributed by atoms with E-state index in [1.807, 2.05) is 67.2 Å². The zero-order valence-electron chi connectivity index (χ0n) is 21.3. The Labute approximate surface area is 223 Å². The van der Waals surface area contributed by atoms with Crippen molar-refractivity contribution in [1.29, 1.82) is 0 Å².